The van der Waals surface area contributed by atoms with E-state index in [0.29, 0.717) is 5.84 Å². The van der Waals surface area contributed by atoms with E-state index in [1.54, 1.807) is 0 Å². The van der Waals surface area contributed by atoms with E-state index in [-0.39, 0.29) is 50.9 Å². The molecule has 0 saturated carbocycles. The molecule has 7 heteroatoms. The van der Waals surface area contributed by atoms with Crippen LogP contribution >= 0.6 is 0 Å². The smallest absolute Gasteiger partial charge is 0.242 e. The van der Waals surface area contributed by atoms with Gasteiger partial charge in [-0.3, -0.25) is 11.1 Å². The lowest BCUT2D eigenvalue weighted by molar-refractivity contribution is -0.686. The van der Waals surface area contributed by atoms with E-state index in [4.69, 9.17) is 11.1 Å². The average Bonchev–Trinajstić information content (AvgIpc) is 2.47. The Morgan fingerprint density at radius 3 is 2.08 bits per heavy atom. The molecule has 138 valence electrons. The molecular formula is C18H25Br3N4. The van der Waals surface area contributed by atoms with Crippen molar-refractivity contribution in [1.82, 2.24) is 0 Å². The molecule has 0 fully saturated rings. The lowest BCUT2D eigenvalue weighted by atomic mass is 10.1. The fourth-order valence-corrected chi connectivity index (χ4v) is 2.35. The van der Waals surface area contributed by atoms with Crippen LogP contribution in [-0.4, -0.2) is 11.5 Å². The monoisotopic (exact) mass is 534 g/mol. The van der Waals surface area contributed by atoms with Crippen LogP contribution in [0.3, 0.4) is 0 Å². The van der Waals surface area contributed by atoms with Gasteiger partial charge in [0.1, 0.15) is 18.8 Å². The summed E-state index contributed by atoms with van der Waals surface area (Å²) in [5, 5.41) is 8.13. The van der Waals surface area contributed by atoms with Gasteiger partial charge in [-0.2, -0.15) is 0 Å². The Morgan fingerprint density at radius 1 is 0.960 bits per heavy atom. The highest BCUT2D eigenvalue weighted by atomic mass is 79.9. The van der Waals surface area contributed by atoms with E-state index in [1.165, 1.54) is 11.1 Å². The Bertz CT molecular complexity index is 698. The number of nitrogens with one attached hydrogen (secondary N) is 1. The van der Waals surface area contributed by atoms with E-state index in [0.717, 1.165) is 30.1 Å². The first-order chi connectivity index (χ1) is 10.5. The Hall–Kier alpha value is -1.02. The van der Waals surface area contributed by atoms with E-state index in [9.17, 15) is 0 Å². The number of rotatable bonds is 6. The number of quaternary nitrogens is 1. The largest absolute Gasteiger partial charge is 1.00 e. The zero-order valence-corrected chi connectivity index (χ0v) is 19.2. The summed E-state index contributed by atoms with van der Waals surface area (Å²) >= 11 is 0. The molecule has 0 amide bonds. The maximum absolute atomic E-state index is 5.85. The minimum atomic E-state index is 0. The van der Waals surface area contributed by atoms with Crippen molar-refractivity contribution < 1.29 is 66.7 Å². The van der Waals surface area contributed by atoms with Crippen molar-refractivity contribution in [2.24, 2.45) is 5.73 Å². The second kappa shape index (κ2) is 13.2. The molecule has 0 spiro atoms. The topological polar surface area (TPSA) is 82.2 Å². The summed E-state index contributed by atoms with van der Waals surface area (Å²) in [6.07, 6.45) is 0. The molecule has 25 heavy (non-hydrogen) atoms. The van der Waals surface area contributed by atoms with Gasteiger partial charge in [0.25, 0.3) is 0 Å². The maximum atomic E-state index is 5.85. The lowest BCUT2D eigenvalue weighted by Crippen LogP contribution is -3.00. The molecular weight excluding hydrogens is 512 g/mol. The zero-order valence-electron chi connectivity index (χ0n) is 14.4. The number of halogens is 3. The van der Waals surface area contributed by atoms with Crippen molar-refractivity contribution in [3.8, 4) is 0 Å². The fraction of sp³-hybridized carbons (Fsp3) is 0.222. The second-order valence-electron chi connectivity index (χ2n) is 5.59. The first kappa shape index (κ1) is 26.2. The van der Waals surface area contributed by atoms with Gasteiger partial charge in [-0.1, -0.05) is 24.3 Å². The van der Waals surface area contributed by atoms with E-state index in [2.05, 4.69) is 40.6 Å². The van der Waals surface area contributed by atoms with Gasteiger partial charge in [-0.25, -0.2) is 4.99 Å². The standard InChI is InChI=1S/C18H22N4.3BrH/c1-13(19)17-7-3-5-15(9-17)11-21-12-16-6-4-8-18(10-16)22-14(2)20;;;/h3-10,19,21H,11-12H2,1-2H3,(H2,20,22);3*1H. The fourth-order valence-electron chi connectivity index (χ4n) is 2.35. The highest BCUT2D eigenvalue weighted by Gasteiger charge is 2.04. The minimum absolute atomic E-state index is 0. The van der Waals surface area contributed by atoms with Crippen molar-refractivity contribution in [2.75, 3.05) is 0 Å². The number of nitrogens with two attached hydrogens (primary N) is 3. The van der Waals surface area contributed by atoms with Crippen molar-refractivity contribution in [3.63, 3.8) is 0 Å². The van der Waals surface area contributed by atoms with E-state index < -0.39 is 0 Å². The molecule has 7 N–H and O–H groups in total. The Balaban J connectivity index is 0. The zero-order chi connectivity index (χ0) is 15.9. The molecule has 4 nitrogen and oxygen atoms in total. The Kier molecular flexibility index (Phi) is 13.9. The molecule has 2 aromatic rings. The minimum Gasteiger partial charge on any atom is -1.00 e. The van der Waals surface area contributed by atoms with Crippen molar-refractivity contribution in [1.29, 1.82) is 0 Å². The predicted octanol–water partition coefficient (Wildman–Crippen LogP) is -10.4. The summed E-state index contributed by atoms with van der Waals surface area (Å²) in [5.74, 6) is 0.700. The van der Waals surface area contributed by atoms with Crippen LogP contribution < -0.4 is 72.4 Å². The average molecular weight is 537 g/mol. The molecule has 0 heterocycles. The molecule has 2 aromatic carbocycles. The first-order valence-electron chi connectivity index (χ1n) is 7.49. The van der Waals surface area contributed by atoms with Gasteiger partial charge in [0, 0.05) is 30.5 Å². The SMILES string of the molecule is CC(=[NH2+])c1cccc(C[NH2+]Cc2cccc([NH+]=C(C)N)c2)c1.[Br-].[Br-].[Br-]. The van der Waals surface area contributed by atoms with Crippen molar-refractivity contribution >= 4 is 17.2 Å². The summed E-state index contributed by atoms with van der Waals surface area (Å²) in [5.41, 5.74) is 11.2. The third-order valence-electron chi connectivity index (χ3n) is 3.41. The normalized spacial score (nSPS) is 10.1. The lowest BCUT2D eigenvalue weighted by Gasteiger charge is -2.04. The molecule has 0 aliphatic heterocycles. The van der Waals surface area contributed by atoms with Crippen LogP contribution in [0.1, 0.15) is 30.5 Å². The van der Waals surface area contributed by atoms with Gasteiger partial charge in [0.15, 0.2) is 5.71 Å². The predicted molar refractivity (Wildman–Crippen MR) is 89.4 cm³/mol. The Morgan fingerprint density at radius 2 is 1.52 bits per heavy atom. The van der Waals surface area contributed by atoms with Crippen LogP contribution in [0.5, 0.6) is 0 Å². The van der Waals surface area contributed by atoms with Crippen LogP contribution in [0.2, 0.25) is 0 Å². The first-order valence-corrected chi connectivity index (χ1v) is 7.49. The summed E-state index contributed by atoms with van der Waals surface area (Å²) in [4.78, 5) is 3.14. The molecule has 0 unspecified atom stereocenters. The number of hydrogen-bond acceptors (Lipinski definition) is 0. The van der Waals surface area contributed by atoms with Crippen molar-refractivity contribution in [3.05, 3.63) is 65.2 Å². The van der Waals surface area contributed by atoms with E-state index in [1.807, 2.05) is 32.0 Å². The second-order valence-corrected chi connectivity index (χ2v) is 5.59. The highest BCUT2D eigenvalue weighted by Crippen LogP contribution is 2.05. The molecule has 0 saturated heterocycles. The van der Waals surface area contributed by atoms with Crippen LogP contribution in [0.4, 0.5) is 5.69 Å². The summed E-state index contributed by atoms with van der Waals surface area (Å²) in [6, 6.07) is 16.7. The summed E-state index contributed by atoms with van der Waals surface area (Å²) in [7, 11) is 0. The van der Waals surface area contributed by atoms with Gasteiger partial charge in [-0.05, 0) is 24.3 Å². The van der Waals surface area contributed by atoms with Gasteiger partial charge in [0.05, 0.1) is 0 Å². The molecule has 0 aliphatic carbocycles. The van der Waals surface area contributed by atoms with Gasteiger partial charge in [0.2, 0.25) is 5.84 Å². The quantitative estimate of drug-likeness (QED) is 0.215. The third kappa shape index (κ3) is 9.30. The van der Waals surface area contributed by atoms with Gasteiger partial charge < -0.3 is 56.3 Å². The molecule has 0 radical (unpaired) electrons. The van der Waals surface area contributed by atoms with Gasteiger partial charge in [-0.15, -0.1) is 0 Å². The molecule has 0 atom stereocenters. The molecule has 2 rings (SSSR count). The van der Waals surface area contributed by atoms with Crippen LogP contribution in [0, 0.1) is 0 Å². The number of benzene rings is 2. The molecule has 0 bridgehead atoms. The van der Waals surface area contributed by atoms with Crippen LogP contribution in [0.15, 0.2) is 48.5 Å². The maximum Gasteiger partial charge on any atom is 0.242 e. The molecule has 0 aliphatic rings. The molecule has 0 aromatic heterocycles. The van der Waals surface area contributed by atoms with E-state index >= 15 is 0 Å². The van der Waals surface area contributed by atoms with Gasteiger partial charge >= 0.3 is 0 Å². The summed E-state index contributed by atoms with van der Waals surface area (Å²) < 4.78 is 0. The summed E-state index contributed by atoms with van der Waals surface area (Å²) in [6.45, 7) is 5.63. The Labute approximate surface area is 181 Å². The van der Waals surface area contributed by atoms with Crippen LogP contribution in [-0.2, 0) is 13.1 Å². The highest BCUT2D eigenvalue weighted by molar-refractivity contribution is 5.93. The third-order valence-corrected chi connectivity index (χ3v) is 3.41. The van der Waals surface area contributed by atoms with Crippen molar-refractivity contribution in [2.45, 2.75) is 26.9 Å². The number of amidine groups is 1. The van der Waals surface area contributed by atoms with Crippen LogP contribution in [0.25, 0.3) is 0 Å². The number of hydrogen-bond donors (Lipinski definition) is 4.